The molecule has 0 radical (unpaired) electrons. The predicted molar refractivity (Wildman–Crippen MR) is 78.9 cm³/mol. The smallest absolute Gasteiger partial charge is 0.252 e. The zero-order valence-corrected chi connectivity index (χ0v) is 13.2. The molecule has 1 aromatic heterocycles. The highest BCUT2D eigenvalue weighted by atomic mass is 32.2. The molecule has 2 rings (SSSR count). The van der Waals surface area contributed by atoms with Crippen LogP contribution in [0, 0.1) is 5.92 Å². The number of thiophene rings is 1. The first-order valence-corrected chi connectivity index (χ1v) is 9.05. The van der Waals surface area contributed by atoms with Gasteiger partial charge in [0.25, 0.3) is 10.0 Å². The largest absolute Gasteiger partial charge is 0.312 e. The van der Waals surface area contributed by atoms with Crippen molar-refractivity contribution < 1.29 is 8.42 Å². The van der Waals surface area contributed by atoms with Crippen LogP contribution in [-0.4, -0.2) is 32.9 Å². The second-order valence-corrected chi connectivity index (χ2v) is 8.52. The number of nitrogens with zero attached hydrogens (tertiary/aromatic N) is 1. The Labute approximate surface area is 119 Å². The summed E-state index contributed by atoms with van der Waals surface area (Å²) in [5, 5.41) is 3.21. The van der Waals surface area contributed by atoms with E-state index in [1.807, 2.05) is 13.0 Å². The van der Waals surface area contributed by atoms with Crippen molar-refractivity contribution in [1.82, 2.24) is 9.62 Å². The summed E-state index contributed by atoms with van der Waals surface area (Å²) in [5.74, 6) is 0.556. The Hall–Kier alpha value is -0.430. The number of rotatable bonds is 7. The molecular formula is C13H22N2O2S2. The third-order valence-electron chi connectivity index (χ3n) is 3.59. The third kappa shape index (κ3) is 3.56. The van der Waals surface area contributed by atoms with Crippen molar-refractivity contribution in [2.45, 2.75) is 36.9 Å². The van der Waals surface area contributed by atoms with Crippen molar-refractivity contribution in [1.29, 1.82) is 0 Å². The lowest BCUT2D eigenvalue weighted by Crippen LogP contribution is -2.33. The van der Waals surface area contributed by atoms with E-state index in [1.54, 1.807) is 13.1 Å². The van der Waals surface area contributed by atoms with Crippen LogP contribution in [0.2, 0.25) is 0 Å². The van der Waals surface area contributed by atoms with Crippen LogP contribution in [0.3, 0.4) is 0 Å². The van der Waals surface area contributed by atoms with Crippen LogP contribution >= 0.6 is 11.3 Å². The van der Waals surface area contributed by atoms with E-state index in [-0.39, 0.29) is 0 Å². The normalized spacial score (nSPS) is 16.8. The Morgan fingerprint density at radius 1 is 1.42 bits per heavy atom. The number of sulfonamides is 1. The molecule has 1 aliphatic rings. The fourth-order valence-electron chi connectivity index (χ4n) is 2.13. The quantitative estimate of drug-likeness (QED) is 0.840. The molecule has 0 unspecified atom stereocenters. The van der Waals surface area contributed by atoms with Crippen LogP contribution in [0.1, 0.15) is 31.1 Å². The topological polar surface area (TPSA) is 49.4 Å². The van der Waals surface area contributed by atoms with E-state index in [1.165, 1.54) is 22.1 Å². The van der Waals surface area contributed by atoms with Crippen LogP contribution in [-0.2, 0) is 16.6 Å². The average molecular weight is 302 g/mol. The maximum Gasteiger partial charge on any atom is 0.252 e. The molecule has 0 atom stereocenters. The van der Waals surface area contributed by atoms with E-state index in [9.17, 15) is 8.42 Å². The lowest BCUT2D eigenvalue weighted by Gasteiger charge is -2.29. The molecule has 0 spiro atoms. The highest BCUT2D eigenvalue weighted by molar-refractivity contribution is 7.91. The van der Waals surface area contributed by atoms with Gasteiger partial charge in [0.05, 0.1) is 0 Å². The van der Waals surface area contributed by atoms with Crippen LogP contribution < -0.4 is 5.32 Å². The maximum atomic E-state index is 12.4. The van der Waals surface area contributed by atoms with Gasteiger partial charge in [0.15, 0.2) is 0 Å². The maximum absolute atomic E-state index is 12.4. The monoisotopic (exact) mass is 302 g/mol. The molecule has 6 heteroatoms. The molecule has 0 aromatic carbocycles. The van der Waals surface area contributed by atoms with E-state index >= 15 is 0 Å². The van der Waals surface area contributed by atoms with Gasteiger partial charge in [0.2, 0.25) is 0 Å². The van der Waals surface area contributed by atoms with Crippen molar-refractivity contribution in [3.05, 3.63) is 17.0 Å². The Kier molecular flexibility index (Phi) is 5.00. The SMILES string of the molecule is CCNCc1ccc(S(=O)(=O)N(C)CC2CCC2)s1. The van der Waals surface area contributed by atoms with Crippen LogP contribution in [0.5, 0.6) is 0 Å². The summed E-state index contributed by atoms with van der Waals surface area (Å²) in [5.41, 5.74) is 0. The van der Waals surface area contributed by atoms with Crippen molar-refractivity contribution >= 4 is 21.4 Å². The van der Waals surface area contributed by atoms with Gasteiger partial charge in [-0.15, -0.1) is 11.3 Å². The van der Waals surface area contributed by atoms with E-state index in [0.717, 1.165) is 30.8 Å². The Bertz CT molecular complexity index is 506. The van der Waals surface area contributed by atoms with E-state index in [2.05, 4.69) is 5.32 Å². The molecule has 1 heterocycles. The van der Waals surface area contributed by atoms with Crippen molar-refractivity contribution in [2.24, 2.45) is 5.92 Å². The zero-order chi connectivity index (χ0) is 13.9. The van der Waals surface area contributed by atoms with Crippen molar-refractivity contribution in [2.75, 3.05) is 20.1 Å². The zero-order valence-electron chi connectivity index (χ0n) is 11.6. The van der Waals surface area contributed by atoms with Gasteiger partial charge < -0.3 is 5.32 Å². The number of hydrogen-bond donors (Lipinski definition) is 1. The fraction of sp³-hybridized carbons (Fsp3) is 0.692. The van der Waals surface area contributed by atoms with Gasteiger partial charge in [0.1, 0.15) is 4.21 Å². The molecular weight excluding hydrogens is 280 g/mol. The van der Waals surface area contributed by atoms with E-state index in [0.29, 0.717) is 16.7 Å². The lowest BCUT2D eigenvalue weighted by molar-refractivity contribution is 0.263. The second kappa shape index (κ2) is 6.35. The summed E-state index contributed by atoms with van der Waals surface area (Å²) in [6.45, 7) is 4.32. The Morgan fingerprint density at radius 2 is 2.16 bits per heavy atom. The van der Waals surface area contributed by atoms with Crippen molar-refractivity contribution in [3.8, 4) is 0 Å². The molecule has 1 N–H and O–H groups in total. The van der Waals surface area contributed by atoms with Crippen LogP contribution in [0.15, 0.2) is 16.3 Å². The lowest BCUT2D eigenvalue weighted by atomic mass is 9.86. The van der Waals surface area contributed by atoms with Gasteiger partial charge in [-0.25, -0.2) is 8.42 Å². The van der Waals surface area contributed by atoms with Gasteiger partial charge >= 0.3 is 0 Å². The first-order chi connectivity index (χ1) is 9.04. The van der Waals surface area contributed by atoms with Gasteiger partial charge in [-0.2, -0.15) is 4.31 Å². The first kappa shape index (κ1) is 15.0. The third-order valence-corrected chi connectivity index (χ3v) is 6.97. The summed E-state index contributed by atoms with van der Waals surface area (Å²) in [7, 11) is -1.60. The highest BCUT2D eigenvalue weighted by Gasteiger charge is 2.27. The summed E-state index contributed by atoms with van der Waals surface area (Å²) in [6, 6.07) is 3.63. The summed E-state index contributed by atoms with van der Waals surface area (Å²) < 4.78 is 26.8. The predicted octanol–water partition coefficient (Wildman–Crippen LogP) is 2.28. The minimum Gasteiger partial charge on any atom is -0.312 e. The van der Waals surface area contributed by atoms with E-state index < -0.39 is 10.0 Å². The molecule has 1 aliphatic carbocycles. The molecule has 1 saturated carbocycles. The Balaban J connectivity index is 2.02. The second-order valence-electron chi connectivity index (χ2n) is 5.08. The summed E-state index contributed by atoms with van der Waals surface area (Å²) in [6.07, 6.45) is 3.57. The van der Waals surface area contributed by atoms with E-state index in [4.69, 9.17) is 0 Å². The van der Waals surface area contributed by atoms with Gasteiger partial charge in [0, 0.05) is 25.0 Å². The molecule has 0 amide bonds. The Morgan fingerprint density at radius 3 is 2.74 bits per heavy atom. The molecule has 108 valence electrons. The molecule has 4 nitrogen and oxygen atoms in total. The molecule has 1 fully saturated rings. The number of hydrogen-bond acceptors (Lipinski definition) is 4. The number of nitrogens with one attached hydrogen (secondary N) is 1. The minimum absolute atomic E-state index is 0.460. The summed E-state index contributed by atoms with van der Waals surface area (Å²) >= 11 is 1.37. The van der Waals surface area contributed by atoms with Crippen LogP contribution in [0.4, 0.5) is 0 Å². The summed E-state index contributed by atoms with van der Waals surface area (Å²) in [4.78, 5) is 1.07. The first-order valence-electron chi connectivity index (χ1n) is 6.79. The standard InChI is InChI=1S/C13H22N2O2S2/c1-3-14-9-12-7-8-13(18-12)19(16,17)15(2)10-11-5-4-6-11/h7-8,11,14H,3-6,9-10H2,1-2H3. The molecule has 1 aromatic rings. The van der Waals surface area contributed by atoms with Gasteiger partial charge in [-0.1, -0.05) is 13.3 Å². The van der Waals surface area contributed by atoms with Crippen molar-refractivity contribution in [3.63, 3.8) is 0 Å². The molecule has 19 heavy (non-hydrogen) atoms. The van der Waals surface area contributed by atoms with Gasteiger partial charge in [-0.05, 0) is 37.4 Å². The average Bonchev–Trinajstić information content (AvgIpc) is 2.80. The van der Waals surface area contributed by atoms with Crippen LogP contribution in [0.25, 0.3) is 0 Å². The molecule has 0 saturated heterocycles. The fourth-order valence-corrected chi connectivity index (χ4v) is 4.91. The molecule has 0 bridgehead atoms. The molecule has 0 aliphatic heterocycles. The van der Waals surface area contributed by atoms with Gasteiger partial charge in [-0.3, -0.25) is 0 Å². The highest BCUT2D eigenvalue weighted by Crippen LogP contribution is 2.30. The minimum atomic E-state index is -3.29.